The Balaban J connectivity index is 1.48. The smallest absolute Gasteiger partial charge is 0.337 e. The average molecular weight is 391 g/mol. The Bertz CT molecular complexity index is 1080. The number of ether oxygens (including phenoxy) is 3. The van der Waals surface area contributed by atoms with E-state index in [9.17, 15) is 9.59 Å². The molecule has 29 heavy (non-hydrogen) atoms. The van der Waals surface area contributed by atoms with E-state index in [-0.39, 0.29) is 12.7 Å². The fraction of sp³-hybridized carbons (Fsp3) is 0.0952. The van der Waals surface area contributed by atoms with Crippen LogP contribution in [0.25, 0.3) is 0 Å². The highest BCUT2D eigenvalue weighted by atomic mass is 16.7. The second kappa shape index (κ2) is 7.89. The molecule has 2 aromatic carbocycles. The Hall–Kier alpha value is -4.07. The van der Waals surface area contributed by atoms with Gasteiger partial charge in [-0.25, -0.2) is 9.78 Å². The van der Waals surface area contributed by atoms with Gasteiger partial charge in [0, 0.05) is 29.2 Å². The molecule has 1 aromatic heterocycles. The summed E-state index contributed by atoms with van der Waals surface area (Å²) in [5.74, 6) is 1.03. The van der Waals surface area contributed by atoms with Crippen LogP contribution in [0.15, 0.2) is 60.8 Å². The first kappa shape index (κ1) is 18.3. The Morgan fingerprint density at radius 3 is 2.69 bits per heavy atom. The number of hydrogen-bond donors (Lipinski definition) is 2. The van der Waals surface area contributed by atoms with Crippen molar-refractivity contribution in [2.24, 2.45) is 0 Å². The molecule has 0 saturated carbocycles. The zero-order valence-electron chi connectivity index (χ0n) is 15.5. The molecule has 1 aliphatic rings. The quantitative estimate of drug-likeness (QED) is 0.641. The number of carbonyl (C=O) groups excluding carboxylic acids is 2. The van der Waals surface area contributed by atoms with Crippen LogP contribution in [0.4, 0.5) is 17.2 Å². The highest BCUT2D eigenvalue weighted by Gasteiger charge is 2.14. The second-order valence-corrected chi connectivity index (χ2v) is 6.15. The first-order chi connectivity index (χ1) is 14.1. The monoisotopic (exact) mass is 391 g/mol. The normalized spacial score (nSPS) is 11.6. The summed E-state index contributed by atoms with van der Waals surface area (Å²) in [6.07, 6.45) is 1.54. The largest absolute Gasteiger partial charge is 0.465 e. The van der Waals surface area contributed by atoms with E-state index in [2.05, 4.69) is 15.6 Å². The molecule has 4 rings (SSSR count). The number of pyridine rings is 1. The number of carbonyl (C=O) groups is 2. The number of esters is 1. The summed E-state index contributed by atoms with van der Waals surface area (Å²) < 4.78 is 15.3. The lowest BCUT2D eigenvalue weighted by molar-refractivity contribution is 0.0600. The van der Waals surface area contributed by atoms with Gasteiger partial charge < -0.3 is 24.8 Å². The van der Waals surface area contributed by atoms with E-state index in [1.807, 2.05) is 6.07 Å². The molecule has 2 heterocycles. The predicted octanol–water partition coefficient (Wildman–Crippen LogP) is 3.59. The fourth-order valence-electron chi connectivity index (χ4n) is 2.81. The summed E-state index contributed by atoms with van der Waals surface area (Å²) in [5, 5.41) is 5.90. The Kier molecular flexibility index (Phi) is 4.98. The van der Waals surface area contributed by atoms with E-state index in [1.165, 1.54) is 13.3 Å². The number of anilines is 3. The van der Waals surface area contributed by atoms with Gasteiger partial charge in [-0.15, -0.1) is 0 Å². The van der Waals surface area contributed by atoms with E-state index < -0.39 is 5.97 Å². The van der Waals surface area contributed by atoms with Crippen LogP contribution in [-0.4, -0.2) is 30.8 Å². The highest BCUT2D eigenvalue weighted by molar-refractivity contribution is 6.05. The third-order valence-electron chi connectivity index (χ3n) is 4.21. The molecule has 0 bridgehead atoms. The van der Waals surface area contributed by atoms with E-state index in [0.717, 1.165) is 5.69 Å². The van der Waals surface area contributed by atoms with Gasteiger partial charge in [0.25, 0.3) is 5.91 Å². The minimum absolute atomic E-state index is 0.198. The van der Waals surface area contributed by atoms with Gasteiger partial charge in [0.1, 0.15) is 5.82 Å². The van der Waals surface area contributed by atoms with Crippen molar-refractivity contribution in [3.05, 3.63) is 71.9 Å². The molecule has 0 radical (unpaired) electrons. The first-order valence-corrected chi connectivity index (χ1v) is 8.75. The Labute approximate surface area is 166 Å². The van der Waals surface area contributed by atoms with Crippen molar-refractivity contribution in [2.75, 3.05) is 24.5 Å². The molecule has 146 valence electrons. The van der Waals surface area contributed by atoms with Crippen LogP contribution in [0.2, 0.25) is 0 Å². The third kappa shape index (κ3) is 4.11. The Morgan fingerprint density at radius 2 is 1.83 bits per heavy atom. The summed E-state index contributed by atoms with van der Waals surface area (Å²) >= 11 is 0. The van der Waals surface area contributed by atoms with Gasteiger partial charge in [0.15, 0.2) is 11.5 Å². The predicted molar refractivity (Wildman–Crippen MR) is 106 cm³/mol. The zero-order chi connectivity index (χ0) is 20.2. The molecule has 0 aliphatic carbocycles. The molecule has 1 amide bonds. The lowest BCUT2D eigenvalue weighted by atomic mass is 10.2. The number of nitrogens with zero attached hydrogens (tertiary/aromatic N) is 1. The molecular formula is C21H17N3O5. The second-order valence-electron chi connectivity index (χ2n) is 6.15. The summed E-state index contributed by atoms with van der Waals surface area (Å²) in [6, 6.07) is 15.2. The zero-order valence-corrected chi connectivity index (χ0v) is 15.5. The van der Waals surface area contributed by atoms with Gasteiger partial charge in [0.2, 0.25) is 6.79 Å². The van der Waals surface area contributed by atoms with Crippen molar-refractivity contribution < 1.29 is 23.8 Å². The lowest BCUT2D eigenvalue weighted by Gasteiger charge is -2.09. The molecule has 0 spiro atoms. The van der Waals surface area contributed by atoms with Crippen molar-refractivity contribution in [1.82, 2.24) is 4.98 Å². The standard InChI is InChI=1S/C21H17N3O5/c1-27-21(26)14-3-2-4-15(9-14)24-20(25)13-7-8-22-19(10-13)23-16-5-6-17-18(11-16)29-12-28-17/h2-11H,12H2,1H3,(H,22,23)(H,24,25). The maximum atomic E-state index is 12.6. The van der Waals surface area contributed by atoms with Gasteiger partial charge in [0.05, 0.1) is 12.7 Å². The molecule has 0 fully saturated rings. The minimum Gasteiger partial charge on any atom is -0.465 e. The summed E-state index contributed by atoms with van der Waals surface area (Å²) in [6.45, 7) is 0.198. The summed E-state index contributed by atoms with van der Waals surface area (Å²) in [7, 11) is 1.30. The van der Waals surface area contributed by atoms with E-state index in [0.29, 0.717) is 34.1 Å². The van der Waals surface area contributed by atoms with Crippen LogP contribution < -0.4 is 20.1 Å². The average Bonchev–Trinajstić information content (AvgIpc) is 3.21. The molecule has 2 N–H and O–H groups in total. The van der Waals surface area contributed by atoms with Gasteiger partial charge in [-0.1, -0.05) is 6.07 Å². The first-order valence-electron chi connectivity index (χ1n) is 8.75. The van der Waals surface area contributed by atoms with E-state index in [4.69, 9.17) is 14.2 Å². The Morgan fingerprint density at radius 1 is 0.966 bits per heavy atom. The van der Waals surface area contributed by atoms with Gasteiger partial charge in [-0.2, -0.15) is 0 Å². The molecule has 8 nitrogen and oxygen atoms in total. The van der Waals surface area contributed by atoms with Crippen molar-refractivity contribution >= 4 is 29.1 Å². The van der Waals surface area contributed by atoms with Crippen molar-refractivity contribution in [3.63, 3.8) is 0 Å². The van der Waals surface area contributed by atoms with Crippen molar-refractivity contribution in [3.8, 4) is 11.5 Å². The van der Waals surface area contributed by atoms with E-state index >= 15 is 0 Å². The maximum absolute atomic E-state index is 12.6. The van der Waals surface area contributed by atoms with Gasteiger partial charge in [-0.3, -0.25) is 4.79 Å². The van der Waals surface area contributed by atoms with Crippen LogP contribution in [0, 0.1) is 0 Å². The molecule has 1 aliphatic heterocycles. The number of nitrogens with one attached hydrogen (secondary N) is 2. The number of aromatic nitrogens is 1. The van der Waals surface area contributed by atoms with Crippen LogP contribution in [0.1, 0.15) is 20.7 Å². The van der Waals surface area contributed by atoms with Crippen LogP contribution in [0.3, 0.4) is 0 Å². The third-order valence-corrected chi connectivity index (χ3v) is 4.21. The number of benzene rings is 2. The number of methoxy groups -OCH3 is 1. The number of fused-ring (bicyclic) bond motifs is 1. The van der Waals surface area contributed by atoms with Gasteiger partial charge in [-0.05, 0) is 42.5 Å². The molecule has 0 unspecified atom stereocenters. The SMILES string of the molecule is COC(=O)c1cccc(NC(=O)c2ccnc(Nc3ccc4c(c3)OCO4)c2)c1. The molecule has 3 aromatic rings. The lowest BCUT2D eigenvalue weighted by Crippen LogP contribution is -2.13. The maximum Gasteiger partial charge on any atom is 0.337 e. The molecule has 8 heteroatoms. The summed E-state index contributed by atoms with van der Waals surface area (Å²) in [5.41, 5.74) is 2.00. The minimum atomic E-state index is -0.472. The summed E-state index contributed by atoms with van der Waals surface area (Å²) in [4.78, 5) is 28.5. The van der Waals surface area contributed by atoms with Gasteiger partial charge >= 0.3 is 5.97 Å². The van der Waals surface area contributed by atoms with Crippen LogP contribution in [-0.2, 0) is 4.74 Å². The number of hydrogen-bond acceptors (Lipinski definition) is 7. The van der Waals surface area contributed by atoms with Crippen molar-refractivity contribution in [1.29, 1.82) is 0 Å². The van der Waals surface area contributed by atoms with Crippen LogP contribution in [0.5, 0.6) is 11.5 Å². The highest BCUT2D eigenvalue weighted by Crippen LogP contribution is 2.34. The molecule has 0 saturated heterocycles. The molecule has 0 atom stereocenters. The van der Waals surface area contributed by atoms with E-state index in [1.54, 1.807) is 48.5 Å². The van der Waals surface area contributed by atoms with Crippen molar-refractivity contribution in [2.45, 2.75) is 0 Å². The number of rotatable bonds is 5. The fourth-order valence-corrected chi connectivity index (χ4v) is 2.81. The topological polar surface area (TPSA) is 98.8 Å². The number of amides is 1. The van der Waals surface area contributed by atoms with Crippen LogP contribution >= 0.6 is 0 Å². The molecular weight excluding hydrogens is 374 g/mol.